The van der Waals surface area contributed by atoms with Gasteiger partial charge in [-0.05, 0) is 56.4 Å². The van der Waals surface area contributed by atoms with Gasteiger partial charge in [0.25, 0.3) is 0 Å². The molecule has 3 rings (SSSR count). The van der Waals surface area contributed by atoms with Gasteiger partial charge in [-0.1, -0.05) is 38.1 Å². The second kappa shape index (κ2) is 8.33. The summed E-state index contributed by atoms with van der Waals surface area (Å²) in [5, 5.41) is 0. The van der Waals surface area contributed by atoms with Crippen LogP contribution in [0.15, 0.2) is 24.3 Å². The number of hydrogen-bond acceptors (Lipinski definition) is 3. The number of nitrogens with zero attached hydrogens (tertiary/aromatic N) is 2. The lowest BCUT2D eigenvalue weighted by Gasteiger charge is -2.22. The molecule has 2 amide bonds. The molecular weight excluding hydrogens is 336 g/mol. The van der Waals surface area contributed by atoms with Gasteiger partial charge in [-0.2, -0.15) is 0 Å². The third-order valence-corrected chi connectivity index (χ3v) is 5.67. The van der Waals surface area contributed by atoms with Crippen molar-refractivity contribution in [2.75, 3.05) is 26.2 Å². The van der Waals surface area contributed by atoms with Gasteiger partial charge >= 0.3 is 0 Å². The van der Waals surface area contributed by atoms with Gasteiger partial charge in [-0.3, -0.25) is 14.5 Å². The molecule has 0 atom stereocenters. The van der Waals surface area contributed by atoms with Crippen molar-refractivity contribution in [3.63, 3.8) is 0 Å². The number of fused-ring (bicyclic) bond motifs is 1. The van der Waals surface area contributed by atoms with Crippen molar-refractivity contribution >= 4 is 24.2 Å². The molecular formula is C20H29ClN2O2. The Morgan fingerprint density at radius 3 is 2.16 bits per heavy atom. The van der Waals surface area contributed by atoms with Gasteiger partial charge in [0.1, 0.15) is 0 Å². The van der Waals surface area contributed by atoms with Crippen LogP contribution in [0.2, 0.25) is 0 Å². The number of unbranched alkanes of at least 4 members (excludes halogenated alkanes) is 1. The second-order valence-electron chi connectivity index (χ2n) is 7.16. The van der Waals surface area contributed by atoms with Crippen LogP contribution in [0.5, 0.6) is 0 Å². The van der Waals surface area contributed by atoms with Gasteiger partial charge in [0.05, 0.1) is 5.41 Å². The smallest absolute Gasteiger partial charge is 0.236 e. The standard InChI is InChI=1S/C20H28N2O2.ClH/c1-3-21(4-2)11-7-8-12-22-18(23)15-20(19(22)24)13-16-9-5-6-10-17(16)14-20;/h5-6,9-10H,3-4,7-8,11-15H2,1-2H3;1H. The van der Waals surface area contributed by atoms with E-state index in [1.807, 2.05) is 12.1 Å². The first-order valence-corrected chi connectivity index (χ1v) is 9.23. The first kappa shape index (κ1) is 19.9. The molecule has 138 valence electrons. The van der Waals surface area contributed by atoms with Gasteiger partial charge < -0.3 is 4.90 Å². The average Bonchev–Trinajstić information content (AvgIpc) is 3.06. The fraction of sp³-hybridized carbons (Fsp3) is 0.600. The Morgan fingerprint density at radius 1 is 1.00 bits per heavy atom. The Bertz CT molecular complexity index is 603. The lowest BCUT2D eigenvalue weighted by Crippen LogP contribution is -2.37. The summed E-state index contributed by atoms with van der Waals surface area (Å²) in [5.41, 5.74) is 1.99. The normalized spacial score (nSPS) is 18.1. The molecule has 4 nitrogen and oxygen atoms in total. The number of halogens is 1. The fourth-order valence-electron chi connectivity index (χ4n) is 4.20. The van der Waals surface area contributed by atoms with Crippen LogP contribution < -0.4 is 0 Å². The Hall–Kier alpha value is -1.39. The molecule has 5 heteroatoms. The minimum atomic E-state index is -0.486. The largest absolute Gasteiger partial charge is 0.304 e. The van der Waals surface area contributed by atoms with Gasteiger partial charge in [0, 0.05) is 13.0 Å². The summed E-state index contributed by atoms with van der Waals surface area (Å²) >= 11 is 0. The Morgan fingerprint density at radius 2 is 1.60 bits per heavy atom. The van der Waals surface area contributed by atoms with Crippen LogP contribution in [0, 0.1) is 5.41 Å². The molecule has 0 radical (unpaired) electrons. The monoisotopic (exact) mass is 364 g/mol. The topological polar surface area (TPSA) is 40.6 Å². The van der Waals surface area contributed by atoms with Crippen molar-refractivity contribution in [1.29, 1.82) is 0 Å². The van der Waals surface area contributed by atoms with E-state index in [4.69, 9.17) is 0 Å². The van der Waals surface area contributed by atoms with E-state index < -0.39 is 5.41 Å². The summed E-state index contributed by atoms with van der Waals surface area (Å²) in [4.78, 5) is 29.3. The van der Waals surface area contributed by atoms with Crippen molar-refractivity contribution in [2.24, 2.45) is 5.41 Å². The number of amides is 2. The summed E-state index contributed by atoms with van der Waals surface area (Å²) in [6, 6.07) is 8.22. The average molecular weight is 365 g/mol. The first-order valence-electron chi connectivity index (χ1n) is 9.23. The van der Waals surface area contributed by atoms with Gasteiger partial charge in [0.2, 0.25) is 11.8 Å². The van der Waals surface area contributed by atoms with Gasteiger partial charge in [0.15, 0.2) is 0 Å². The zero-order valence-corrected chi connectivity index (χ0v) is 16.1. The highest BCUT2D eigenvalue weighted by Gasteiger charge is 2.53. The predicted molar refractivity (Wildman–Crippen MR) is 102 cm³/mol. The van der Waals surface area contributed by atoms with Crippen molar-refractivity contribution in [2.45, 2.75) is 46.0 Å². The molecule has 0 aromatic heterocycles. The number of rotatable bonds is 7. The van der Waals surface area contributed by atoms with Crippen molar-refractivity contribution < 1.29 is 9.59 Å². The summed E-state index contributed by atoms with van der Waals surface area (Å²) < 4.78 is 0. The van der Waals surface area contributed by atoms with Crippen molar-refractivity contribution in [3.8, 4) is 0 Å². The molecule has 0 N–H and O–H groups in total. The minimum absolute atomic E-state index is 0. The maximum atomic E-state index is 12.9. The van der Waals surface area contributed by atoms with E-state index in [9.17, 15) is 9.59 Å². The summed E-state index contributed by atoms with van der Waals surface area (Å²) in [6.07, 6.45) is 3.77. The van der Waals surface area contributed by atoms with Crippen LogP contribution in [0.4, 0.5) is 0 Å². The van der Waals surface area contributed by atoms with Crippen LogP contribution in [0.25, 0.3) is 0 Å². The number of hydrogen-bond donors (Lipinski definition) is 0. The van der Waals surface area contributed by atoms with E-state index in [2.05, 4.69) is 30.9 Å². The minimum Gasteiger partial charge on any atom is -0.304 e. The number of imide groups is 1. The van der Waals surface area contributed by atoms with Crippen LogP contribution in [0.1, 0.15) is 44.2 Å². The number of carbonyl (C=O) groups is 2. The molecule has 1 aromatic carbocycles. The van der Waals surface area contributed by atoms with E-state index in [0.29, 0.717) is 13.0 Å². The predicted octanol–water partition coefficient (Wildman–Crippen LogP) is 3.07. The number of likely N-dealkylation sites (tertiary alicyclic amines) is 1. The molecule has 0 saturated carbocycles. The zero-order chi connectivity index (χ0) is 17.2. The second-order valence-corrected chi connectivity index (χ2v) is 7.16. The SMILES string of the molecule is CCN(CC)CCCCN1C(=O)CC2(Cc3ccccc3C2)C1=O.Cl. The van der Waals surface area contributed by atoms with Gasteiger partial charge in [-0.25, -0.2) is 0 Å². The molecule has 0 bridgehead atoms. The van der Waals surface area contributed by atoms with Crippen molar-refractivity contribution in [3.05, 3.63) is 35.4 Å². The highest BCUT2D eigenvalue weighted by Crippen LogP contribution is 2.45. The molecule has 0 unspecified atom stereocenters. The molecule has 25 heavy (non-hydrogen) atoms. The Balaban J connectivity index is 0.00000225. The fourth-order valence-corrected chi connectivity index (χ4v) is 4.20. The molecule has 1 aromatic rings. The molecule has 1 heterocycles. The Labute approximate surface area is 157 Å². The summed E-state index contributed by atoms with van der Waals surface area (Å²) in [5.74, 6) is 0.0854. The van der Waals surface area contributed by atoms with E-state index in [1.165, 1.54) is 16.0 Å². The highest BCUT2D eigenvalue weighted by atomic mass is 35.5. The van der Waals surface area contributed by atoms with Crippen LogP contribution >= 0.6 is 12.4 Å². The maximum Gasteiger partial charge on any atom is 0.236 e. The highest BCUT2D eigenvalue weighted by molar-refractivity contribution is 6.06. The first-order chi connectivity index (χ1) is 11.6. The molecule has 1 spiro atoms. The van der Waals surface area contributed by atoms with Crippen LogP contribution in [-0.4, -0.2) is 47.8 Å². The zero-order valence-electron chi connectivity index (χ0n) is 15.3. The van der Waals surface area contributed by atoms with Crippen molar-refractivity contribution in [1.82, 2.24) is 9.80 Å². The van der Waals surface area contributed by atoms with Crippen LogP contribution in [-0.2, 0) is 22.4 Å². The quantitative estimate of drug-likeness (QED) is 0.551. The van der Waals surface area contributed by atoms with E-state index in [1.54, 1.807) is 0 Å². The lowest BCUT2D eigenvalue weighted by atomic mass is 9.83. The molecule has 1 aliphatic carbocycles. The molecule has 1 aliphatic heterocycles. The third-order valence-electron chi connectivity index (χ3n) is 5.67. The summed E-state index contributed by atoms with van der Waals surface area (Å²) in [7, 11) is 0. The third kappa shape index (κ3) is 3.90. The number of carbonyl (C=O) groups excluding carboxylic acids is 2. The van der Waals surface area contributed by atoms with Gasteiger partial charge in [-0.15, -0.1) is 12.4 Å². The maximum absolute atomic E-state index is 12.9. The van der Waals surface area contributed by atoms with E-state index in [0.717, 1.165) is 45.3 Å². The molecule has 2 aliphatic rings. The number of benzene rings is 1. The van der Waals surface area contributed by atoms with E-state index >= 15 is 0 Å². The summed E-state index contributed by atoms with van der Waals surface area (Å²) in [6.45, 7) is 8.06. The molecule has 1 fully saturated rings. The lowest BCUT2D eigenvalue weighted by molar-refractivity contribution is -0.141. The Kier molecular flexibility index (Phi) is 6.64. The molecule has 1 saturated heterocycles. The van der Waals surface area contributed by atoms with Crippen LogP contribution in [0.3, 0.4) is 0 Å². The van der Waals surface area contributed by atoms with E-state index in [-0.39, 0.29) is 24.2 Å².